The van der Waals surface area contributed by atoms with Gasteiger partial charge in [0, 0.05) is 15.1 Å². The maximum atomic E-state index is 11.3. The van der Waals surface area contributed by atoms with Gasteiger partial charge < -0.3 is 5.11 Å². The third-order valence-corrected chi connectivity index (χ3v) is 10.3. The maximum absolute atomic E-state index is 11.3. The van der Waals surface area contributed by atoms with E-state index in [9.17, 15) is 9.90 Å². The van der Waals surface area contributed by atoms with Gasteiger partial charge >= 0.3 is 5.97 Å². The van der Waals surface area contributed by atoms with Crippen molar-refractivity contribution in [3.8, 4) is 25.8 Å². The molecule has 1 N–H and O–H groups in total. The SMILES string of the molecule is CCCCCCCCCc1csc(-c2nc(CCCCCCCCC)c(-c3ccc(/C=C(\C#N)C(=O)O)s3)s2)n1. The van der Waals surface area contributed by atoms with Gasteiger partial charge in [0.05, 0.1) is 16.3 Å². The highest BCUT2D eigenvalue weighted by Crippen LogP contribution is 2.40. The standard InChI is InChI=1S/C32H43N3O2S3/c1-3-5-7-9-11-13-15-17-25-23-38-30(34-25)31-35-27(18-16-14-12-10-8-6-4-2)29(40-31)28-20-19-26(39-28)21-24(22-33)32(36)37/h19-21,23H,3-18H2,1-2H3,(H,36,37)/b24-21+. The van der Waals surface area contributed by atoms with Gasteiger partial charge in [-0.25, -0.2) is 14.8 Å². The molecule has 3 aromatic rings. The zero-order valence-electron chi connectivity index (χ0n) is 24.0. The van der Waals surface area contributed by atoms with Crippen LogP contribution in [0.2, 0.25) is 0 Å². The number of nitrogens with zero attached hydrogens (tertiary/aromatic N) is 3. The second kappa shape index (κ2) is 18.2. The minimum Gasteiger partial charge on any atom is -0.477 e. The van der Waals surface area contributed by atoms with E-state index in [0.717, 1.165) is 49.6 Å². The van der Waals surface area contributed by atoms with Crippen LogP contribution in [-0.4, -0.2) is 21.0 Å². The first kappa shape index (κ1) is 32.2. The molecule has 3 aromatic heterocycles. The van der Waals surface area contributed by atoms with E-state index in [-0.39, 0.29) is 5.57 Å². The van der Waals surface area contributed by atoms with Crippen LogP contribution in [0.3, 0.4) is 0 Å². The topological polar surface area (TPSA) is 86.9 Å². The monoisotopic (exact) mass is 597 g/mol. The predicted octanol–water partition coefficient (Wildman–Crippen LogP) is 10.6. The summed E-state index contributed by atoms with van der Waals surface area (Å²) in [5.74, 6) is -1.20. The molecule has 0 aliphatic carbocycles. The van der Waals surface area contributed by atoms with Gasteiger partial charge in [0.1, 0.15) is 11.6 Å². The van der Waals surface area contributed by atoms with Crippen molar-refractivity contribution in [2.45, 2.75) is 117 Å². The molecule has 3 heterocycles. The van der Waals surface area contributed by atoms with Crippen LogP contribution in [0, 0.1) is 11.3 Å². The van der Waals surface area contributed by atoms with E-state index in [4.69, 9.17) is 15.2 Å². The van der Waals surface area contributed by atoms with Crippen LogP contribution >= 0.6 is 34.0 Å². The van der Waals surface area contributed by atoms with Gasteiger partial charge in [-0.3, -0.25) is 0 Å². The Labute approximate surface area is 252 Å². The molecule has 0 spiro atoms. The van der Waals surface area contributed by atoms with Crippen molar-refractivity contribution in [3.05, 3.63) is 39.4 Å². The molecule has 0 unspecified atom stereocenters. The molecule has 0 amide bonds. The lowest BCUT2D eigenvalue weighted by Crippen LogP contribution is -1.96. The Morgan fingerprint density at radius 2 is 1.48 bits per heavy atom. The van der Waals surface area contributed by atoms with Gasteiger partial charge in [0.15, 0.2) is 10.0 Å². The molecule has 0 atom stereocenters. The predicted molar refractivity (Wildman–Crippen MR) is 171 cm³/mol. The maximum Gasteiger partial charge on any atom is 0.346 e. The fraction of sp³-hybridized carbons (Fsp3) is 0.562. The average molecular weight is 598 g/mol. The first-order chi connectivity index (χ1) is 19.5. The number of thiazole rings is 2. The number of carbonyl (C=O) groups is 1. The lowest BCUT2D eigenvalue weighted by molar-refractivity contribution is -0.132. The van der Waals surface area contributed by atoms with E-state index in [2.05, 4.69) is 19.2 Å². The van der Waals surface area contributed by atoms with Crippen molar-refractivity contribution in [1.82, 2.24) is 9.97 Å². The van der Waals surface area contributed by atoms with Crippen molar-refractivity contribution in [3.63, 3.8) is 0 Å². The summed E-state index contributed by atoms with van der Waals surface area (Å²) in [6, 6.07) is 5.68. The molecular weight excluding hydrogens is 555 g/mol. The largest absolute Gasteiger partial charge is 0.477 e. The molecule has 3 rings (SSSR count). The molecular formula is C32H43N3O2S3. The van der Waals surface area contributed by atoms with Crippen molar-refractivity contribution < 1.29 is 9.90 Å². The average Bonchev–Trinajstić information content (AvgIpc) is 3.70. The van der Waals surface area contributed by atoms with E-state index in [1.165, 1.54) is 107 Å². The number of aliphatic carboxylic acids is 1. The van der Waals surface area contributed by atoms with Gasteiger partial charge in [-0.05, 0) is 43.9 Å². The molecule has 0 saturated heterocycles. The summed E-state index contributed by atoms with van der Waals surface area (Å²) in [4.78, 5) is 24.3. The Morgan fingerprint density at radius 1 is 0.850 bits per heavy atom. The van der Waals surface area contributed by atoms with Crippen molar-refractivity contribution in [2.75, 3.05) is 0 Å². The van der Waals surface area contributed by atoms with E-state index < -0.39 is 5.97 Å². The van der Waals surface area contributed by atoms with Gasteiger partial charge in [0.2, 0.25) is 0 Å². The molecule has 0 bridgehead atoms. The number of rotatable bonds is 20. The smallest absolute Gasteiger partial charge is 0.346 e. The Kier molecular flexibility index (Phi) is 14.6. The Morgan fingerprint density at radius 3 is 2.10 bits per heavy atom. The number of hydrogen-bond acceptors (Lipinski definition) is 7. The summed E-state index contributed by atoms with van der Waals surface area (Å²) in [5.41, 5.74) is 2.02. The molecule has 0 fully saturated rings. The van der Waals surface area contributed by atoms with Crippen LogP contribution in [0.5, 0.6) is 0 Å². The Hall–Kier alpha value is -2.34. The highest BCUT2D eigenvalue weighted by atomic mass is 32.1. The minimum absolute atomic E-state index is 0.252. The summed E-state index contributed by atoms with van der Waals surface area (Å²) in [6.07, 6.45) is 21.3. The summed E-state index contributed by atoms with van der Waals surface area (Å²) < 4.78 is 0. The highest BCUT2D eigenvalue weighted by Gasteiger charge is 2.18. The van der Waals surface area contributed by atoms with E-state index in [1.807, 2.05) is 12.1 Å². The van der Waals surface area contributed by atoms with Gasteiger partial charge in [-0.15, -0.1) is 34.0 Å². The third kappa shape index (κ3) is 10.6. The fourth-order valence-corrected chi connectivity index (χ4v) is 7.76. The van der Waals surface area contributed by atoms with E-state index in [0.29, 0.717) is 0 Å². The highest BCUT2D eigenvalue weighted by molar-refractivity contribution is 7.26. The van der Waals surface area contributed by atoms with Crippen LogP contribution in [0.25, 0.3) is 25.8 Å². The second-order valence-electron chi connectivity index (χ2n) is 10.4. The number of carboxylic acids is 1. The molecule has 0 aliphatic heterocycles. The zero-order chi connectivity index (χ0) is 28.6. The molecule has 0 aliphatic rings. The minimum atomic E-state index is -1.20. The van der Waals surface area contributed by atoms with Gasteiger partial charge in [0.25, 0.3) is 0 Å². The van der Waals surface area contributed by atoms with Gasteiger partial charge in [-0.2, -0.15) is 5.26 Å². The summed E-state index contributed by atoms with van der Waals surface area (Å²) >= 11 is 4.88. The van der Waals surface area contributed by atoms with Crippen LogP contribution in [0.4, 0.5) is 0 Å². The molecule has 0 saturated carbocycles. The Balaban J connectivity index is 1.70. The number of nitriles is 1. The van der Waals surface area contributed by atoms with Crippen molar-refractivity contribution in [1.29, 1.82) is 5.26 Å². The van der Waals surface area contributed by atoms with Crippen molar-refractivity contribution >= 4 is 46.1 Å². The molecule has 0 aromatic carbocycles. The van der Waals surface area contributed by atoms with E-state index >= 15 is 0 Å². The van der Waals surface area contributed by atoms with Crippen LogP contribution < -0.4 is 0 Å². The first-order valence-electron chi connectivity index (χ1n) is 15.0. The van der Waals surface area contributed by atoms with Crippen LogP contribution in [-0.2, 0) is 17.6 Å². The summed E-state index contributed by atoms with van der Waals surface area (Å²) in [7, 11) is 0. The number of thiophene rings is 1. The lowest BCUT2D eigenvalue weighted by Gasteiger charge is -2.02. The van der Waals surface area contributed by atoms with E-state index in [1.54, 1.807) is 28.7 Å². The fourth-order valence-electron chi connectivity index (χ4n) is 4.67. The molecule has 216 valence electrons. The quantitative estimate of drug-likeness (QED) is 0.0795. The zero-order valence-corrected chi connectivity index (χ0v) is 26.5. The number of unbranched alkanes of at least 4 members (excludes halogenated alkanes) is 12. The number of hydrogen-bond donors (Lipinski definition) is 1. The number of aromatic nitrogens is 2. The lowest BCUT2D eigenvalue weighted by atomic mass is 10.1. The van der Waals surface area contributed by atoms with Gasteiger partial charge in [-0.1, -0.05) is 90.9 Å². The normalized spacial score (nSPS) is 11.7. The number of carboxylic acid groups (broad SMARTS) is 1. The summed E-state index contributed by atoms with van der Waals surface area (Å²) in [5, 5.41) is 22.5. The Bertz CT molecular complexity index is 1250. The molecule has 0 radical (unpaired) electrons. The van der Waals surface area contributed by atoms with Crippen LogP contribution in [0.1, 0.15) is 120 Å². The van der Waals surface area contributed by atoms with Crippen molar-refractivity contribution in [2.24, 2.45) is 0 Å². The second-order valence-corrected chi connectivity index (χ2v) is 13.3. The molecule has 5 nitrogen and oxygen atoms in total. The number of aryl methyl sites for hydroxylation is 2. The summed E-state index contributed by atoms with van der Waals surface area (Å²) in [6.45, 7) is 4.50. The third-order valence-electron chi connectivity index (χ3n) is 6.97. The molecule has 8 heteroatoms. The van der Waals surface area contributed by atoms with Crippen LogP contribution in [0.15, 0.2) is 23.1 Å². The first-order valence-corrected chi connectivity index (χ1v) is 17.5. The molecule has 40 heavy (non-hydrogen) atoms.